The molecule has 0 aromatic heterocycles. The van der Waals surface area contributed by atoms with Gasteiger partial charge < -0.3 is 10.6 Å². The summed E-state index contributed by atoms with van der Waals surface area (Å²) in [7, 11) is 0. The lowest BCUT2D eigenvalue weighted by Crippen LogP contribution is -2.53. The van der Waals surface area contributed by atoms with Crippen molar-refractivity contribution >= 4 is 17.7 Å². The number of aryl methyl sites for hydroxylation is 1. The van der Waals surface area contributed by atoms with E-state index in [9.17, 15) is 14.4 Å². The van der Waals surface area contributed by atoms with Gasteiger partial charge >= 0.3 is 0 Å². The van der Waals surface area contributed by atoms with Crippen molar-refractivity contribution in [3.8, 4) is 11.8 Å². The van der Waals surface area contributed by atoms with Crippen molar-refractivity contribution in [2.45, 2.75) is 6.92 Å². The number of benzene rings is 1. The Morgan fingerprint density at radius 2 is 2.00 bits per heavy atom. The summed E-state index contributed by atoms with van der Waals surface area (Å²) < 4.78 is 0. The Kier molecular flexibility index (Phi) is 4.36. The molecule has 21 heavy (non-hydrogen) atoms. The van der Waals surface area contributed by atoms with Gasteiger partial charge in [0, 0.05) is 5.56 Å². The SMILES string of the molecule is Cc1ccc(C(=O)N2CC(=O)NC(=O)C2)c(C#CCN)c1. The third-order valence-electron chi connectivity index (χ3n) is 2.97. The predicted octanol–water partition coefficient (Wildman–Crippen LogP) is -0.596. The Morgan fingerprint density at radius 1 is 1.33 bits per heavy atom. The van der Waals surface area contributed by atoms with Gasteiger partial charge in [0.25, 0.3) is 5.91 Å². The van der Waals surface area contributed by atoms with Gasteiger partial charge in [0.2, 0.25) is 11.8 Å². The molecule has 6 heteroatoms. The Hall–Kier alpha value is -2.65. The zero-order valence-electron chi connectivity index (χ0n) is 11.6. The standard InChI is InChI=1S/C15H15N3O3/c1-10-4-5-12(11(7-10)3-2-6-16)15(21)18-8-13(19)17-14(20)9-18/h4-5,7H,6,8-9,16H2,1H3,(H,17,19,20). The van der Waals surface area contributed by atoms with E-state index in [0.717, 1.165) is 5.56 Å². The third kappa shape index (κ3) is 3.46. The second-order valence-corrected chi connectivity index (χ2v) is 4.69. The monoisotopic (exact) mass is 285 g/mol. The lowest BCUT2D eigenvalue weighted by molar-refractivity contribution is -0.135. The van der Waals surface area contributed by atoms with Gasteiger partial charge in [-0.2, -0.15) is 0 Å². The zero-order chi connectivity index (χ0) is 15.4. The normalized spacial score (nSPS) is 14.3. The Morgan fingerprint density at radius 3 is 2.62 bits per heavy atom. The van der Waals surface area contributed by atoms with Gasteiger partial charge in [-0.15, -0.1) is 0 Å². The summed E-state index contributed by atoms with van der Waals surface area (Å²) in [4.78, 5) is 36.4. The number of nitrogens with two attached hydrogens (primary N) is 1. The summed E-state index contributed by atoms with van der Waals surface area (Å²) in [6.45, 7) is 1.80. The number of hydrogen-bond donors (Lipinski definition) is 2. The molecular formula is C15H15N3O3. The summed E-state index contributed by atoms with van der Waals surface area (Å²) in [6, 6.07) is 5.21. The highest BCUT2D eigenvalue weighted by molar-refractivity contribution is 6.06. The first-order valence-electron chi connectivity index (χ1n) is 6.43. The van der Waals surface area contributed by atoms with Gasteiger partial charge in [0.15, 0.2) is 0 Å². The smallest absolute Gasteiger partial charge is 0.256 e. The predicted molar refractivity (Wildman–Crippen MR) is 76.2 cm³/mol. The van der Waals surface area contributed by atoms with Crippen molar-refractivity contribution in [3.05, 3.63) is 34.9 Å². The van der Waals surface area contributed by atoms with Crippen molar-refractivity contribution in [1.82, 2.24) is 10.2 Å². The molecule has 0 atom stereocenters. The zero-order valence-corrected chi connectivity index (χ0v) is 11.6. The summed E-state index contributed by atoms with van der Waals surface area (Å²) in [6.07, 6.45) is 0. The molecule has 1 heterocycles. The third-order valence-corrected chi connectivity index (χ3v) is 2.97. The fraction of sp³-hybridized carbons (Fsp3) is 0.267. The number of imide groups is 1. The molecule has 0 saturated carbocycles. The van der Waals surface area contributed by atoms with E-state index in [1.807, 2.05) is 6.92 Å². The highest BCUT2D eigenvalue weighted by atomic mass is 16.2. The number of hydrogen-bond acceptors (Lipinski definition) is 4. The molecule has 1 aliphatic rings. The summed E-state index contributed by atoms with van der Waals surface area (Å²) >= 11 is 0. The first-order valence-corrected chi connectivity index (χ1v) is 6.43. The molecule has 108 valence electrons. The van der Waals surface area contributed by atoms with E-state index in [4.69, 9.17) is 5.73 Å². The molecule has 0 bridgehead atoms. The maximum absolute atomic E-state index is 12.5. The lowest BCUT2D eigenvalue weighted by Gasteiger charge is -2.25. The van der Waals surface area contributed by atoms with Crippen molar-refractivity contribution in [1.29, 1.82) is 0 Å². The van der Waals surface area contributed by atoms with E-state index in [1.54, 1.807) is 18.2 Å². The first kappa shape index (κ1) is 14.8. The highest BCUT2D eigenvalue weighted by Crippen LogP contribution is 2.14. The van der Waals surface area contributed by atoms with Crippen molar-refractivity contribution in [2.24, 2.45) is 5.73 Å². The molecule has 1 aromatic rings. The van der Waals surface area contributed by atoms with Crippen LogP contribution in [-0.4, -0.2) is 42.3 Å². The summed E-state index contributed by atoms with van der Waals surface area (Å²) in [5, 5.41) is 2.16. The molecule has 0 spiro atoms. The van der Waals surface area contributed by atoms with Crippen molar-refractivity contribution in [2.75, 3.05) is 19.6 Å². The second-order valence-electron chi connectivity index (χ2n) is 4.69. The molecule has 3 N–H and O–H groups in total. The molecule has 2 rings (SSSR count). The van der Waals surface area contributed by atoms with E-state index in [2.05, 4.69) is 17.2 Å². The number of carbonyl (C=O) groups excluding carboxylic acids is 3. The van der Waals surface area contributed by atoms with Crippen LogP contribution in [0.1, 0.15) is 21.5 Å². The number of nitrogens with zero attached hydrogens (tertiary/aromatic N) is 1. The van der Waals surface area contributed by atoms with Crippen LogP contribution in [0, 0.1) is 18.8 Å². The average Bonchev–Trinajstić information content (AvgIpc) is 2.43. The Balaban J connectivity index is 2.34. The Bertz CT molecular complexity index is 654. The number of piperazine rings is 1. The Labute approximate surface area is 122 Å². The van der Waals surface area contributed by atoms with Crippen molar-refractivity contribution in [3.63, 3.8) is 0 Å². The molecule has 0 unspecified atom stereocenters. The maximum Gasteiger partial charge on any atom is 0.256 e. The van der Waals surface area contributed by atoms with E-state index in [-0.39, 0.29) is 25.5 Å². The molecule has 1 aliphatic heterocycles. The van der Waals surface area contributed by atoms with Crippen LogP contribution in [0.5, 0.6) is 0 Å². The number of nitrogens with one attached hydrogen (secondary N) is 1. The van der Waals surface area contributed by atoms with Gasteiger partial charge in [-0.3, -0.25) is 19.7 Å². The molecule has 6 nitrogen and oxygen atoms in total. The van der Waals surface area contributed by atoms with Crippen LogP contribution in [0.2, 0.25) is 0 Å². The van der Waals surface area contributed by atoms with Crippen LogP contribution < -0.4 is 11.1 Å². The van der Waals surface area contributed by atoms with Crippen molar-refractivity contribution < 1.29 is 14.4 Å². The largest absolute Gasteiger partial charge is 0.320 e. The fourth-order valence-electron chi connectivity index (χ4n) is 2.05. The van der Waals surface area contributed by atoms with Gasteiger partial charge in [-0.05, 0) is 24.6 Å². The number of amides is 3. The number of carbonyl (C=O) groups is 3. The first-order chi connectivity index (χ1) is 10.0. The van der Waals surface area contributed by atoms with E-state index < -0.39 is 11.8 Å². The quantitative estimate of drug-likeness (QED) is 0.532. The molecule has 1 aromatic carbocycles. The fourth-order valence-corrected chi connectivity index (χ4v) is 2.05. The molecule has 0 radical (unpaired) electrons. The maximum atomic E-state index is 12.5. The van der Waals surface area contributed by atoms with Crippen LogP contribution in [0.15, 0.2) is 18.2 Å². The molecule has 1 saturated heterocycles. The van der Waals surface area contributed by atoms with E-state index in [1.165, 1.54) is 4.90 Å². The minimum Gasteiger partial charge on any atom is -0.320 e. The lowest BCUT2D eigenvalue weighted by atomic mass is 10.0. The minimum absolute atomic E-state index is 0.137. The van der Waals surface area contributed by atoms with Gasteiger partial charge in [-0.25, -0.2) is 0 Å². The molecule has 1 fully saturated rings. The molecule has 0 aliphatic carbocycles. The summed E-state index contributed by atoms with van der Waals surface area (Å²) in [5.41, 5.74) is 7.22. The number of rotatable bonds is 1. The highest BCUT2D eigenvalue weighted by Gasteiger charge is 2.28. The van der Waals surface area contributed by atoms with Crippen LogP contribution in [0.25, 0.3) is 0 Å². The van der Waals surface area contributed by atoms with E-state index in [0.29, 0.717) is 11.1 Å². The van der Waals surface area contributed by atoms with Crippen LogP contribution >= 0.6 is 0 Å². The molecular weight excluding hydrogens is 270 g/mol. The van der Waals surface area contributed by atoms with Gasteiger partial charge in [0.05, 0.1) is 12.1 Å². The van der Waals surface area contributed by atoms with Crippen LogP contribution in [-0.2, 0) is 9.59 Å². The average molecular weight is 285 g/mol. The molecule has 3 amide bonds. The van der Waals surface area contributed by atoms with E-state index >= 15 is 0 Å². The van der Waals surface area contributed by atoms with Gasteiger partial charge in [0.1, 0.15) is 13.1 Å². The summed E-state index contributed by atoms with van der Waals surface area (Å²) in [5.74, 6) is 4.20. The van der Waals surface area contributed by atoms with Gasteiger partial charge in [-0.1, -0.05) is 17.9 Å². The second kappa shape index (κ2) is 6.20. The minimum atomic E-state index is -0.485. The topological polar surface area (TPSA) is 92.5 Å². The van der Waals surface area contributed by atoms with Crippen LogP contribution in [0.3, 0.4) is 0 Å². The van der Waals surface area contributed by atoms with Crippen LogP contribution in [0.4, 0.5) is 0 Å².